The fourth-order valence-electron chi connectivity index (χ4n) is 2.83. The second-order valence-electron chi connectivity index (χ2n) is 5.42. The molecule has 0 aromatic heterocycles. The summed E-state index contributed by atoms with van der Waals surface area (Å²) < 4.78 is 26.9. The van der Waals surface area contributed by atoms with Gasteiger partial charge in [0, 0.05) is 19.1 Å². The van der Waals surface area contributed by atoms with E-state index in [0.717, 1.165) is 32.1 Å². The number of benzene rings is 1. The maximum absolute atomic E-state index is 12.7. The van der Waals surface area contributed by atoms with Crippen LogP contribution in [0.4, 0.5) is 0 Å². The van der Waals surface area contributed by atoms with Crippen LogP contribution >= 0.6 is 0 Å². The van der Waals surface area contributed by atoms with Gasteiger partial charge < -0.3 is 5.73 Å². The molecular weight excluding hydrogens is 260 g/mol. The molecule has 1 aromatic rings. The molecule has 0 saturated heterocycles. The fraction of sp³-hybridized carbons (Fsp3) is 0.571. The Labute approximate surface area is 114 Å². The summed E-state index contributed by atoms with van der Waals surface area (Å²) in [6, 6.07) is 5.76. The predicted octanol–water partition coefficient (Wildman–Crippen LogP) is 1.29. The number of rotatable bonds is 5. The van der Waals surface area contributed by atoms with E-state index in [9.17, 15) is 8.42 Å². The van der Waals surface area contributed by atoms with Crippen LogP contribution in [-0.2, 0) is 22.9 Å². The van der Waals surface area contributed by atoms with Crippen molar-refractivity contribution in [3.8, 4) is 0 Å². The first-order chi connectivity index (χ1) is 9.13. The number of hydrogen-bond acceptors (Lipinski definition) is 3. The molecule has 1 fully saturated rings. The Kier molecular flexibility index (Phi) is 3.37. The zero-order chi connectivity index (χ0) is 13.5. The molecule has 4 nitrogen and oxygen atoms in total. The van der Waals surface area contributed by atoms with E-state index in [0.29, 0.717) is 18.0 Å². The number of aryl methyl sites for hydroxylation is 2. The molecule has 19 heavy (non-hydrogen) atoms. The molecule has 3 rings (SSSR count). The van der Waals surface area contributed by atoms with E-state index in [-0.39, 0.29) is 6.04 Å². The van der Waals surface area contributed by atoms with E-state index in [2.05, 4.69) is 0 Å². The molecule has 1 saturated carbocycles. The van der Waals surface area contributed by atoms with Gasteiger partial charge in [-0.2, -0.15) is 4.31 Å². The summed E-state index contributed by atoms with van der Waals surface area (Å²) in [6.07, 6.45) is 5.13. The van der Waals surface area contributed by atoms with Crippen LogP contribution in [0.25, 0.3) is 0 Å². The maximum atomic E-state index is 12.7. The van der Waals surface area contributed by atoms with Gasteiger partial charge in [0.1, 0.15) is 0 Å². The molecule has 2 aliphatic carbocycles. The van der Waals surface area contributed by atoms with E-state index in [1.165, 1.54) is 11.1 Å². The van der Waals surface area contributed by atoms with E-state index in [4.69, 9.17) is 5.73 Å². The summed E-state index contributed by atoms with van der Waals surface area (Å²) in [5.41, 5.74) is 8.05. The normalized spacial score (nSPS) is 18.8. The average Bonchev–Trinajstić information content (AvgIpc) is 3.11. The van der Waals surface area contributed by atoms with Gasteiger partial charge in [0.25, 0.3) is 0 Å². The first kappa shape index (κ1) is 13.1. The van der Waals surface area contributed by atoms with E-state index >= 15 is 0 Å². The molecule has 1 aromatic carbocycles. The van der Waals surface area contributed by atoms with Gasteiger partial charge in [-0.1, -0.05) is 6.07 Å². The zero-order valence-corrected chi connectivity index (χ0v) is 11.8. The van der Waals surface area contributed by atoms with Gasteiger partial charge in [-0.15, -0.1) is 0 Å². The minimum Gasteiger partial charge on any atom is -0.329 e. The smallest absolute Gasteiger partial charge is 0.243 e. The average molecular weight is 280 g/mol. The van der Waals surface area contributed by atoms with Gasteiger partial charge >= 0.3 is 0 Å². The monoisotopic (exact) mass is 280 g/mol. The van der Waals surface area contributed by atoms with Crippen molar-refractivity contribution in [2.24, 2.45) is 5.73 Å². The van der Waals surface area contributed by atoms with Gasteiger partial charge in [0.15, 0.2) is 0 Å². The molecule has 0 radical (unpaired) electrons. The maximum Gasteiger partial charge on any atom is 0.243 e. The highest BCUT2D eigenvalue weighted by Gasteiger charge is 2.37. The summed E-state index contributed by atoms with van der Waals surface area (Å²) in [7, 11) is -3.37. The first-order valence-electron chi connectivity index (χ1n) is 6.96. The van der Waals surface area contributed by atoms with Crippen molar-refractivity contribution >= 4 is 10.0 Å². The van der Waals surface area contributed by atoms with Crippen LogP contribution in [-0.4, -0.2) is 31.9 Å². The molecule has 0 spiro atoms. The molecular formula is C14H20N2O2S. The van der Waals surface area contributed by atoms with Gasteiger partial charge in [0.2, 0.25) is 10.0 Å². The molecule has 5 heteroatoms. The number of nitrogens with two attached hydrogens (primary N) is 1. The van der Waals surface area contributed by atoms with Gasteiger partial charge in [-0.25, -0.2) is 8.42 Å². The molecule has 0 unspecified atom stereocenters. The highest BCUT2D eigenvalue weighted by atomic mass is 32.2. The van der Waals surface area contributed by atoms with Crippen LogP contribution < -0.4 is 5.73 Å². The SMILES string of the molecule is NCCN(C1CC1)S(=O)(=O)c1ccc2c(c1)CCC2. The summed E-state index contributed by atoms with van der Waals surface area (Å²) in [4.78, 5) is 0.438. The van der Waals surface area contributed by atoms with Gasteiger partial charge in [0.05, 0.1) is 4.90 Å². The minimum absolute atomic E-state index is 0.168. The van der Waals surface area contributed by atoms with E-state index in [1.54, 1.807) is 10.4 Å². The second kappa shape index (κ2) is 4.89. The Morgan fingerprint density at radius 2 is 1.95 bits per heavy atom. The Balaban J connectivity index is 1.94. The minimum atomic E-state index is -3.37. The van der Waals surface area contributed by atoms with Crippen molar-refractivity contribution in [3.05, 3.63) is 29.3 Å². The van der Waals surface area contributed by atoms with E-state index < -0.39 is 10.0 Å². The van der Waals surface area contributed by atoms with Gasteiger partial charge in [-0.3, -0.25) is 0 Å². The predicted molar refractivity (Wildman–Crippen MR) is 74.4 cm³/mol. The lowest BCUT2D eigenvalue weighted by Crippen LogP contribution is -2.37. The number of fused-ring (bicyclic) bond motifs is 1. The molecule has 104 valence electrons. The van der Waals surface area contributed by atoms with Crippen LogP contribution in [0, 0.1) is 0 Å². The lowest BCUT2D eigenvalue weighted by molar-refractivity contribution is 0.411. The summed E-state index contributed by atoms with van der Waals surface area (Å²) in [5, 5.41) is 0. The van der Waals surface area contributed by atoms with Crippen LogP contribution in [0.3, 0.4) is 0 Å². The Hall–Kier alpha value is -0.910. The zero-order valence-electron chi connectivity index (χ0n) is 11.0. The van der Waals surface area contributed by atoms with Crippen LogP contribution in [0.15, 0.2) is 23.1 Å². The van der Waals surface area contributed by atoms with Crippen molar-refractivity contribution in [1.82, 2.24) is 4.31 Å². The molecule has 2 aliphatic rings. The molecule has 0 bridgehead atoms. The lowest BCUT2D eigenvalue weighted by atomic mass is 10.1. The molecule has 2 N–H and O–H groups in total. The van der Waals surface area contributed by atoms with Crippen LogP contribution in [0.2, 0.25) is 0 Å². The van der Waals surface area contributed by atoms with Gasteiger partial charge in [-0.05, 0) is 55.4 Å². The summed E-state index contributed by atoms with van der Waals surface area (Å²) >= 11 is 0. The largest absolute Gasteiger partial charge is 0.329 e. The Morgan fingerprint density at radius 1 is 1.21 bits per heavy atom. The number of hydrogen-bond donors (Lipinski definition) is 1. The molecule has 0 heterocycles. The molecule has 0 amide bonds. The van der Waals surface area contributed by atoms with Crippen LogP contribution in [0.5, 0.6) is 0 Å². The number of nitrogens with zero attached hydrogens (tertiary/aromatic N) is 1. The standard InChI is InChI=1S/C14H20N2O2S/c15-8-9-16(13-5-6-13)19(17,18)14-7-4-11-2-1-3-12(11)10-14/h4,7,10,13H,1-3,5-6,8-9,15H2. The molecule has 0 aliphatic heterocycles. The Morgan fingerprint density at radius 3 is 2.63 bits per heavy atom. The Bertz CT molecular complexity index is 579. The third-order valence-corrected chi connectivity index (χ3v) is 5.93. The summed E-state index contributed by atoms with van der Waals surface area (Å²) in [5.74, 6) is 0. The quantitative estimate of drug-likeness (QED) is 0.884. The van der Waals surface area contributed by atoms with E-state index in [1.807, 2.05) is 12.1 Å². The van der Waals surface area contributed by atoms with Crippen molar-refractivity contribution in [2.45, 2.75) is 43.0 Å². The highest BCUT2D eigenvalue weighted by molar-refractivity contribution is 7.89. The van der Waals surface area contributed by atoms with Crippen molar-refractivity contribution in [1.29, 1.82) is 0 Å². The first-order valence-corrected chi connectivity index (χ1v) is 8.40. The third kappa shape index (κ3) is 2.42. The topological polar surface area (TPSA) is 63.4 Å². The molecule has 0 atom stereocenters. The highest BCUT2D eigenvalue weighted by Crippen LogP contribution is 2.33. The summed E-state index contributed by atoms with van der Waals surface area (Å²) in [6.45, 7) is 0.796. The van der Waals surface area contributed by atoms with Crippen LogP contribution in [0.1, 0.15) is 30.4 Å². The van der Waals surface area contributed by atoms with Crippen molar-refractivity contribution < 1.29 is 8.42 Å². The lowest BCUT2D eigenvalue weighted by Gasteiger charge is -2.21. The third-order valence-electron chi connectivity index (χ3n) is 3.98. The fourth-order valence-corrected chi connectivity index (χ4v) is 4.58. The second-order valence-corrected chi connectivity index (χ2v) is 7.31. The van der Waals surface area contributed by atoms with Crippen molar-refractivity contribution in [3.63, 3.8) is 0 Å². The number of sulfonamides is 1. The van der Waals surface area contributed by atoms with Crippen molar-refractivity contribution in [2.75, 3.05) is 13.1 Å².